The Morgan fingerprint density at radius 3 is 2.69 bits per heavy atom. The Hall–Kier alpha value is -3.23. The van der Waals surface area contributed by atoms with E-state index in [9.17, 15) is 18.0 Å². The Morgan fingerprint density at radius 1 is 1.21 bits per heavy atom. The molecular formula is C20H19F3N4O2. The molecule has 0 aliphatic carbocycles. The molecule has 3 heterocycles. The fourth-order valence-corrected chi connectivity index (χ4v) is 3.57. The van der Waals surface area contributed by atoms with Crippen LogP contribution in [0.2, 0.25) is 0 Å². The molecule has 0 bridgehead atoms. The molecule has 0 unspecified atom stereocenters. The van der Waals surface area contributed by atoms with Crippen LogP contribution in [0.1, 0.15) is 23.2 Å². The Balaban J connectivity index is 1.67. The van der Waals surface area contributed by atoms with Gasteiger partial charge in [0.15, 0.2) is 0 Å². The van der Waals surface area contributed by atoms with Gasteiger partial charge in [0.25, 0.3) is 5.91 Å². The zero-order chi connectivity index (χ0) is 20.6. The van der Waals surface area contributed by atoms with Crippen molar-refractivity contribution in [3.63, 3.8) is 0 Å². The first kappa shape index (κ1) is 19.1. The van der Waals surface area contributed by atoms with E-state index in [0.717, 1.165) is 31.4 Å². The molecular weight excluding hydrogens is 385 g/mol. The number of carbonyl (C=O) groups excluding carboxylic acids is 1. The Kier molecular flexibility index (Phi) is 4.81. The van der Waals surface area contributed by atoms with Crippen LogP contribution in [-0.4, -0.2) is 39.8 Å². The predicted molar refractivity (Wildman–Crippen MR) is 102 cm³/mol. The molecule has 4 rings (SSSR count). The van der Waals surface area contributed by atoms with E-state index in [0.29, 0.717) is 22.5 Å². The largest absolute Gasteiger partial charge is 0.573 e. The number of amides is 1. The van der Waals surface area contributed by atoms with Gasteiger partial charge in [-0.1, -0.05) is 6.07 Å². The number of alkyl halides is 3. The predicted octanol–water partition coefficient (Wildman–Crippen LogP) is 4.45. The lowest BCUT2D eigenvalue weighted by Crippen LogP contribution is -2.28. The van der Waals surface area contributed by atoms with Crippen molar-refractivity contribution in [2.24, 2.45) is 7.05 Å². The Bertz CT molecular complexity index is 1060. The molecule has 0 atom stereocenters. The molecule has 3 aromatic rings. The molecule has 152 valence electrons. The lowest BCUT2D eigenvalue weighted by atomic mass is 10.1. The van der Waals surface area contributed by atoms with Crippen LogP contribution in [0.3, 0.4) is 0 Å². The van der Waals surface area contributed by atoms with Gasteiger partial charge in [0.1, 0.15) is 11.6 Å². The number of pyridine rings is 1. The number of halogens is 3. The minimum absolute atomic E-state index is 0.0612. The molecule has 1 aromatic carbocycles. The highest BCUT2D eigenvalue weighted by Gasteiger charge is 2.31. The average Bonchev–Trinajstić information content (AvgIpc) is 3.31. The second kappa shape index (κ2) is 7.31. The van der Waals surface area contributed by atoms with E-state index in [2.05, 4.69) is 15.0 Å². The number of fused-ring (bicyclic) bond motifs is 1. The monoisotopic (exact) mass is 404 g/mol. The second-order valence-electron chi connectivity index (χ2n) is 6.91. The van der Waals surface area contributed by atoms with Gasteiger partial charge in [-0.05, 0) is 31.0 Å². The third-order valence-electron chi connectivity index (χ3n) is 4.86. The zero-order valence-electron chi connectivity index (χ0n) is 15.7. The van der Waals surface area contributed by atoms with Crippen molar-refractivity contribution in [1.82, 2.24) is 14.5 Å². The van der Waals surface area contributed by atoms with Gasteiger partial charge in [0.05, 0.1) is 11.1 Å². The van der Waals surface area contributed by atoms with Crippen molar-refractivity contribution in [2.45, 2.75) is 19.2 Å². The van der Waals surface area contributed by atoms with Gasteiger partial charge in [-0.2, -0.15) is 0 Å². The highest BCUT2D eigenvalue weighted by Crippen LogP contribution is 2.31. The maximum atomic E-state index is 12.9. The van der Waals surface area contributed by atoms with Crippen LogP contribution in [0.5, 0.6) is 5.75 Å². The van der Waals surface area contributed by atoms with E-state index in [-0.39, 0.29) is 11.7 Å². The number of hydrogen-bond acceptors (Lipinski definition) is 4. The third-order valence-corrected chi connectivity index (χ3v) is 4.86. The van der Waals surface area contributed by atoms with Crippen molar-refractivity contribution >= 4 is 28.3 Å². The number of hydrogen-bond donors (Lipinski definition) is 1. The van der Waals surface area contributed by atoms with Gasteiger partial charge in [-0.3, -0.25) is 4.79 Å². The number of benzene rings is 1. The second-order valence-corrected chi connectivity index (χ2v) is 6.91. The number of aryl methyl sites for hydroxylation is 1. The molecule has 1 aliphatic heterocycles. The van der Waals surface area contributed by atoms with Gasteiger partial charge >= 0.3 is 6.36 Å². The molecule has 1 amide bonds. The number of ether oxygens (including phenoxy) is 1. The lowest BCUT2D eigenvalue weighted by molar-refractivity contribution is -0.274. The molecule has 0 spiro atoms. The van der Waals surface area contributed by atoms with Crippen LogP contribution in [0.25, 0.3) is 10.9 Å². The molecule has 29 heavy (non-hydrogen) atoms. The number of carbonyl (C=O) groups is 1. The number of nitrogens with one attached hydrogen (secondary N) is 1. The smallest absolute Gasteiger partial charge is 0.406 e. The summed E-state index contributed by atoms with van der Waals surface area (Å²) in [7, 11) is 1.84. The topological polar surface area (TPSA) is 59.4 Å². The van der Waals surface area contributed by atoms with E-state index in [1.165, 1.54) is 24.4 Å². The van der Waals surface area contributed by atoms with Crippen molar-refractivity contribution in [3.8, 4) is 5.75 Å². The molecule has 1 fully saturated rings. The van der Waals surface area contributed by atoms with Crippen LogP contribution in [0.15, 0.2) is 42.7 Å². The number of nitrogens with zero attached hydrogens (tertiary/aromatic N) is 3. The van der Waals surface area contributed by atoms with Gasteiger partial charge in [-0.15, -0.1) is 13.2 Å². The van der Waals surface area contributed by atoms with Crippen molar-refractivity contribution < 1.29 is 22.7 Å². The van der Waals surface area contributed by atoms with Crippen LogP contribution < -0.4 is 10.1 Å². The van der Waals surface area contributed by atoms with E-state index < -0.39 is 6.36 Å². The molecule has 1 aliphatic rings. The average molecular weight is 404 g/mol. The SMILES string of the molecule is Cn1ccc2c(Nc3cccc(OC(F)(F)F)c3)ncc(C(=O)N3CCCC3)c21. The standard InChI is InChI=1S/C20H19F3N4O2/c1-26-10-7-15-17(26)16(19(28)27-8-2-3-9-27)12-24-18(15)25-13-5-4-6-14(11-13)29-20(21,22)23/h4-7,10-12H,2-3,8-9H2,1H3,(H,24,25). The quantitative estimate of drug-likeness (QED) is 0.698. The van der Waals surface area contributed by atoms with Crippen LogP contribution in [0.4, 0.5) is 24.7 Å². The molecule has 2 aromatic heterocycles. The highest BCUT2D eigenvalue weighted by molar-refractivity contribution is 6.08. The summed E-state index contributed by atoms with van der Waals surface area (Å²) in [6, 6.07) is 7.36. The van der Waals surface area contributed by atoms with Gasteiger partial charge in [0.2, 0.25) is 0 Å². The summed E-state index contributed by atoms with van der Waals surface area (Å²) in [5.41, 5.74) is 1.62. The number of rotatable bonds is 4. The molecule has 0 radical (unpaired) electrons. The lowest BCUT2D eigenvalue weighted by Gasteiger charge is -2.17. The fraction of sp³-hybridized carbons (Fsp3) is 0.300. The molecule has 1 saturated heterocycles. The number of likely N-dealkylation sites (tertiary alicyclic amines) is 1. The molecule has 9 heteroatoms. The minimum atomic E-state index is -4.76. The van der Waals surface area contributed by atoms with E-state index >= 15 is 0 Å². The number of anilines is 2. The molecule has 6 nitrogen and oxygen atoms in total. The van der Waals surface area contributed by atoms with Gasteiger partial charge in [-0.25, -0.2) is 4.98 Å². The fourth-order valence-electron chi connectivity index (χ4n) is 3.57. The summed E-state index contributed by atoms with van der Waals surface area (Å²) in [5, 5.41) is 3.73. The first-order valence-corrected chi connectivity index (χ1v) is 9.18. The number of aromatic nitrogens is 2. The van der Waals surface area contributed by atoms with Crippen molar-refractivity contribution in [2.75, 3.05) is 18.4 Å². The zero-order valence-corrected chi connectivity index (χ0v) is 15.7. The van der Waals surface area contributed by atoms with E-state index in [1.807, 2.05) is 28.8 Å². The summed E-state index contributed by atoms with van der Waals surface area (Å²) >= 11 is 0. The summed E-state index contributed by atoms with van der Waals surface area (Å²) in [5.74, 6) is 0.0595. The first-order valence-electron chi connectivity index (χ1n) is 9.18. The highest BCUT2D eigenvalue weighted by atomic mass is 19.4. The van der Waals surface area contributed by atoms with Crippen molar-refractivity contribution in [3.05, 3.63) is 48.3 Å². The minimum Gasteiger partial charge on any atom is -0.406 e. The Labute approximate surface area is 164 Å². The van der Waals surface area contributed by atoms with E-state index in [4.69, 9.17) is 0 Å². The first-order chi connectivity index (χ1) is 13.8. The van der Waals surface area contributed by atoms with E-state index in [1.54, 1.807) is 6.07 Å². The molecule has 0 saturated carbocycles. The third kappa shape index (κ3) is 3.98. The van der Waals surface area contributed by atoms with Gasteiger partial charge in [0, 0.05) is 49.7 Å². The summed E-state index contributed by atoms with van der Waals surface area (Å²) in [6.07, 6.45) is 0.556. The Morgan fingerprint density at radius 2 is 1.97 bits per heavy atom. The summed E-state index contributed by atoms with van der Waals surface area (Å²) in [4.78, 5) is 19.1. The van der Waals surface area contributed by atoms with Crippen LogP contribution in [-0.2, 0) is 7.05 Å². The summed E-state index contributed by atoms with van der Waals surface area (Å²) < 4.78 is 43.2. The van der Waals surface area contributed by atoms with Crippen LogP contribution in [0, 0.1) is 0 Å². The van der Waals surface area contributed by atoms with Crippen LogP contribution >= 0.6 is 0 Å². The summed E-state index contributed by atoms with van der Waals surface area (Å²) in [6.45, 7) is 1.47. The maximum Gasteiger partial charge on any atom is 0.573 e. The molecule has 1 N–H and O–H groups in total. The van der Waals surface area contributed by atoms with Gasteiger partial charge < -0.3 is 19.5 Å². The van der Waals surface area contributed by atoms with Crippen molar-refractivity contribution in [1.29, 1.82) is 0 Å². The maximum absolute atomic E-state index is 12.9. The normalized spacial score (nSPS) is 14.4.